The molecule has 3 aromatic carbocycles. The lowest BCUT2D eigenvalue weighted by Crippen LogP contribution is -2.19. The van der Waals surface area contributed by atoms with Gasteiger partial charge in [0, 0.05) is 11.6 Å². The van der Waals surface area contributed by atoms with Gasteiger partial charge >= 0.3 is 0 Å². The van der Waals surface area contributed by atoms with Crippen LogP contribution in [0.4, 0.5) is 5.69 Å². The molecule has 2 nitrogen and oxygen atoms in total. The lowest BCUT2D eigenvalue weighted by Gasteiger charge is -2.10. The lowest BCUT2D eigenvalue weighted by molar-refractivity contribution is -0.119. The van der Waals surface area contributed by atoms with Gasteiger partial charge in [-0.3, -0.25) is 4.79 Å². The SMILES string of the molecule is CC.CC.CC1c2cccc3cccc(c23)C1C.CCC(C)C(=O)Nc1ccccc1. The summed E-state index contributed by atoms with van der Waals surface area (Å²) < 4.78 is 0. The van der Waals surface area contributed by atoms with E-state index in [9.17, 15) is 4.79 Å². The van der Waals surface area contributed by atoms with Gasteiger partial charge in [0.15, 0.2) is 0 Å². The maximum Gasteiger partial charge on any atom is 0.227 e. The first-order valence-corrected chi connectivity index (χ1v) is 11.9. The van der Waals surface area contributed by atoms with Crippen LogP contribution in [-0.4, -0.2) is 5.91 Å². The molecule has 1 N–H and O–H groups in total. The number of benzene rings is 3. The Labute approximate surface area is 190 Å². The van der Waals surface area contributed by atoms with Crippen molar-refractivity contribution in [3.63, 3.8) is 0 Å². The zero-order chi connectivity index (χ0) is 23.4. The second kappa shape index (κ2) is 13.6. The van der Waals surface area contributed by atoms with Gasteiger partial charge in [-0.15, -0.1) is 0 Å². The van der Waals surface area contributed by atoms with Crippen molar-refractivity contribution in [1.82, 2.24) is 0 Å². The molecule has 31 heavy (non-hydrogen) atoms. The van der Waals surface area contributed by atoms with Gasteiger partial charge < -0.3 is 5.32 Å². The number of carbonyl (C=O) groups excluding carboxylic acids is 1. The summed E-state index contributed by atoms with van der Waals surface area (Å²) in [5.74, 6) is 1.53. The molecule has 1 amide bonds. The van der Waals surface area contributed by atoms with Crippen LogP contribution in [0.3, 0.4) is 0 Å². The highest BCUT2D eigenvalue weighted by molar-refractivity contribution is 5.92. The Morgan fingerprint density at radius 2 is 1.29 bits per heavy atom. The van der Waals surface area contributed by atoms with Gasteiger partial charge in [0.05, 0.1) is 0 Å². The van der Waals surface area contributed by atoms with E-state index in [1.165, 1.54) is 21.9 Å². The van der Waals surface area contributed by atoms with E-state index in [1.807, 2.05) is 71.9 Å². The molecule has 3 unspecified atom stereocenters. The molecule has 0 saturated heterocycles. The molecular formula is C29H41NO. The van der Waals surface area contributed by atoms with Crippen LogP contribution in [0, 0.1) is 5.92 Å². The van der Waals surface area contributed by atoms with E-state index < -0.39 is 0 Å². The van der Waals surface area contributed by atoms with Gasteiger partial charge in [-0.25, -0.2) is 0 Å². The van der Waals surface area contributed by atoms with E-state index in [0.29, 0.717) is 11.8 Å². The van der Waals surface area contributed by atoms with Crippen molar-refractivity contribution in [2.75, 3.05) is 5.32 Å². The Kier molecular flexibility index (Phi) is 11.6. The first-order chi connectivity index (χ1) is 15.0. The molecule has 0 aromatic heterocycles. The van der Waals surface area contributed by atoms with Gasteiger partial charge in [0.2, 0.25) is 5.91 Å². The van der Waals surface area contributed by atoms with Crippen molar-refractivity contribution >= 4 is 22.4 Å². The van der Waals surface area contributed by atoms with Gasteiger partial charge in [-0.1, -0.05) is 110 Å². The summed E-state index contributed by atoms with van der Waals surface area (Å²) in [4.78, 5) is 11.4. The molecule has 0 fully saturated rings. The zero-order valence-corrected chi connectivity index (χ0v) is 20.7. The number of carbonyl (C=O) groups is 1. The molecule has 0 heterocycles. The summed E-state index contributed by atoms with van der Waals surface area (Å²) >= 11 is 0. The largest absolute Gasteiger partial charge is 0.326 e. The van der Waals surface area contributed by atoms with Crippen molar-refractivity contribution in [1.29, 1.82) is 0 Å². The molecule has 3 aromatic rings. The topological polar surface area (TPSA) is 29.1 Å². The standard InChI is InChI=1S/C14H14.C11H15NO.2C2H6/c1-9-10(2)13-8-4-6-11-5-3-7-12(9)14(11)13;1-3-9(2)11(13)12-10-7-5-4-6-8-10;2*1-2/h3-10H,1-2H3;4-9H,3H2,1-2H3,(H,12,13);2*1-2H3. The molecule has 0 radical (unpaired) electrons. The Morgan fingerprint density at radius 3 is 1.74 bits per heavy atom. The predicted octanol–water partition coefficient (Wildman–Crippen LogP) is 8.78. The van der Waals surface area contributed by atoms with Crippen LogP contribution in [0.25, 0.3) is 10.8 Å². The molecule has 0 aliphatic heterocycles. The average Bonchev–Trinajstić information content (AvgIpc) is 3.09. The highest BCUT2D eigenvalue weighted by atomic mass is 16.1. The van der Waals surface area contributed by atoms with E-state index in [0.717, 1.165) is 12.1 Å². The number of para-hydroxylation sites is 1. The van der Waals surface area contributed by atoms with E-state index in [2.05, 4.69) is 55.6 Å². The molecule has 168 valence electrons. The monoisotopic (exact) mass is 419 g/mol. The molecule has 0 spiro atoms. The summed E-state index contributed by atoms with van der Waals surface area (Å²) in [6.07, 6.45) is 0.874. The van der Waals surface area contributed by atoms with Crippen molar-refractivity contribution in [2.45, 2.75) is 73.6 Å². The smallest absolute Gasteiger partial charge is 0.227 e. The lowest BCUT2D eigenvalue weighted by atomic mass is 9.94. The van der Waals surface area contributed by atoms with Gasteiger partial charge in [0.1, 0.15) is 0 Å². The minimum atomic E-state index is 0.0835. The summed E-state index contributed by atoms with van der Waals surface area (Å²) in [6, 6.07) is 22.9. The van der Waals surface area contributed by atoms with E-state index in [1.54, 1.807) is 0 Å². The fraction of sp³-hybridized carbons (Fsp3) is 0.414. The van der Waals surface area contributed by atoms with Gasteiger partial charge in [-0.05, 0) is 52.3 Å². The van der Waals surface area contributed by atoms with Crippen LogP contribution in [0.15, 0.2) is 66.7 Å². The third-order valence-corrected chi connectivity index (χ3v) is 5.80. The maximum atomic E-state index is 11.4. The molecule has 1 aliphatic carbocycles. The number of rotatable bonds is 3. The number of anilines is 1. The molecule has 1 aliphatic rings. The van der Waals surface area contributed by atoms with Crippen LogP contribution in [-0.2, 0) is 4.79 Å². The molecule has 2 heteroatoms. The minimum Gasteiger partial charge on any atom is -0.326 e. The maximum absolute atomic E-state index is 11.4. The predicted molar refractivity (Wildman–Crippen MR) is 138 cm³/mol. The Bertz CT molecular complexity index is 874. The summed E-state index contributed by atoms with van der Waals surface area (Å²) in [5.41, 5.74) is 3.93. The number of hydrogen-bond donors (Lipinski definition) is 1. The first kappa shape index (κ1) is 26.4. The van der Waals surface area contributed by atoms with Crippen molar-refractivity contribution in [3.05, 3.63) is 77.9 Å². The zero-order valence-electron chi connectivity index (χ0n) is 20.7. The molecule has 0 bridgehead atoms. The average molecular weight is 420 g/mol. The van der Waals surface area contributed by atoms with Crippen LogP contribution in [0.1, 0.15) is 84.8 Å². The Balaban J connectivity index is 0.000000269. The fourth-order valence-electron chi connectivity index (χ4n) is 3.67. The van der Waals surface area contributed by atoms with E-state index in [-0.39, 0.29) is 11.8 Å². The Hall–Kier alpha value is -2.61. The molecule has 3 atom stereocenters. The van der Waals surface area contributed by atoms with Crippen LogP contribution < -0.4 is 5.32 Å². The second-order valence-electron chi connectivity index (χ2n) is 7.53. The summed E-state index contributed by atoms with van der Waals surface area (Å²) in [7, 11) is 0. The minimum absolute atomic E-state index is 0.0835. The van der Waals surface area contributed by atoms with Crippen molar-refractivity contribution in [2.24, 2.45) is 5.92 Å². The molecular weight excluding hydrogens is 378 g/mol. The Morgan fingerprint density at radius 1 is 0.806 bits per heavy atom. The van der Waals surface area contributed by atoms with E-state index in [4.69, 9.17) is 0 Å². The van der Waals surface area contributed by atoms with Crippen molar-refractivity contribution < 1.29 is 4.79 Å². The highest BCUT2D eigenvalue weighted by Crippen LogP contribution is 2.45. The normalized spacial score (nSPS) is 16.5. The quantitative estimate of drug-likeness (QED) is 0.451. The van der Waals surface area contributed by atoms with Gasteiger partial charge in [0.25, 0.3) is 0 Å². The summed E-state index contributed by atoms with van der Waals surface area (Å²) in [5, 5.41) is 5.76. The number of hydrogen-bond acceptors (Lipinski definition) is 1. The second-order valence-corrected chi connectivity index (χ2v) is 7.53. The highest BCUT2D eigenvalue weighted by Gasteiger charge is 2.27. The van der Waals surface area contributed by atoms with Crippen LogP contribution >= 0.6 is 0 Å². The summed E-state index contributed by atoms with van der Waals surface area (Å²) in [6.45, 7) is 16.6. The first-order valence-electron chi connectivity index (χ1n) is 11.9. The van der Waals surface area contributed by atoms with Crippen LogP contribution in [0.2, 0.25) is 0 Å². The third kappa shape index (κ3) is 6.69. The van der Waals surface area contributed by atoms with Crippen LogP contribution in [0.5, 0.6) is 0 Å². The number of amides is 1. The van der Waals surface area contributed by atoms with E-state index >= 15 is 0 Å². The third-order valence-electron chi connectivity index (χ3n) is 5.80. The molecule has 0 saturated carbocycles. The van der Waals surface area contributed by atoms with Crippen molar-refractivity contribution in [3.8, 4) is 0 Å². The van der Waals surface area contributed by atoms with Gasteiger partial charge in [-0.2, -0.15) is 0 Å². The fourth-order valence-corrected chi connectivity index (χ4v) is 3.67. The number of nitrogens with one attached hydrogen (secondary N) is 1. The molecule has 4 rings (SSSR count).